The number of carbonyl (C=O) groups excluding carboxylic acids is 1. The van der Waals surface area contributed by atoms with Gasteiger partial charge in [0.05, 0.1) is 0 Å². The van der Waals surface area contributed by atoms with Crippen LogP contribution in [0.1, 0.15) is 0 Å². The van der Waals surface area contributed by atoms with Crippen LogP contribution >= 0.6 is 11.6 Å². The molecule has 0 saturated heterocycles. The molecule has 0 saturated carbocycles. The molecule has 0 N–H and O–H groups in total. The molecule has 0 aliphatic rings. The second kappa shape index (κ2) is 2.69. The smallest absolute Gasteiger partial charge is 0.268 e. The van der Waals surface area contributed by atoms with Crippen molar-refractivity contribution in [1.29, 1.82) is 0 Å². The molecule has 0 spiro atoms. The molecule has 0 bridgehead atoms. The molecule has 0 aromatic carbocycles. The quantitative estimate of drug-likeness (QED) is 0.485. The first-order valence-electron chi connectivity index (χ1n) is 1.27. The summed E-state index contributed by atoms with van der Waals surface area (Å²) < 4.78 is 22.3. The molecule has 0 aromatic heterocycles. The Kier molecular flexibility index (Phi) is 2.52. The van der Waals surface area contributed by atoms with E-state index in [0.717, 1.165) is 0 Å². The monoisotopic (exact) mass is 125 g/mol. The van der Waals surface area contributed by atoms with E-state index in [4.69, 9.17) is 4.79 Å². The Morgan fingerprint density at radius 3 is 2.00 bits per heavy atom. The van der Waals surface area contributed by atoms with Gasteiger partial charge in [0.1, 0.15) is 0 Å². The lowest BCUT2D eigenvalue weighted by atomic mass is 10.7. The zero-order valence-corrected chi connectivity index (χ0v) is 3.80. The van der Waals surface area contributed by atoms with Crippen molar-refractivity contribution < 1.29 is 13.6 Å². The van der Waals surface area contributed by atoms with Gasteiger partial charge in [0, 0.05) is 0 Å². The summed E-state index contributed by atoms with van der Waals surface area (Å²) in [4.78, 5) is 9.06. The van der Waals surface area contributed by atoms with Crippen LogP contribution in [-0.2, 0) is 4.79 Å². The van der Waals surface area contributed by atoms with E-state index >= 15 is 0 Å². The van der Waals surface area contributed by atoms with Gasteiger partial charge in [-0.1, -0.05) is 0 Å². The van der Waals surface area contributed by atoms with Crippen LogP contribution in [0.4, 0.5) is 8.78 Å². The van der Waals surface area contributed by atoms with E-state index in [1.165, 1.54) is 0 Å². The Labute approximate surface area is 43.6 Å². The Bertz CT molecular complexity index is 106. The van der Waals surface area contributed by atoms with E-state index in [2.05, 4.69) is 11.6 Å². The van der Waals surface area contributed by atoms with Crippen molar-refractivity contribution in [2.24, 2.45) is 0 Å². The standard InChI is InChI=1S/C3ClF2O/c4-3(6)2(5)1-7/b3-2-. The molecule has 7 heavy (non-hydrogen) atoms. The van der Waals surface area contributed by atoms with Crippen LogP contribution in [0.25, 0.3) is 0 Å². The average Bonchev–Trinajstić information content (AvgIpc) is 1.65. The summed E-state index contributed by atoms with van der Waals surface area (Å²) in [6.45, 7) is 0. The molecule has 4 heteroatoms. The molecule has 0 fully saturated rings. The zero-order valence-electron chi connectivity index (χ0n) is 3.04. The van der Waals surface area contributed by atoms with Gasteiger partial charge in [-0.2, -0.15) is 8.78 Å². The van der Waals surface area contributed by atoms with E-state index in [1.807, 2.05) is 0 Å². The van der Waals surface area contributed by atoms with E-state index in [9.17, 15) is 8.78 Å². The van der Waals surface area contributed by atoms with Gasteiger partial charge in [-0.3, -0.25) is 4.79 Å². The number of hydrogen-bond acceptors (Lipinski definition) is 1. The van der Waals surface area contributed by atoms with Gasteiger partial charge in [0.2, 0.25) is 11.1 Å². The second-order valence-electron chi connectivity index (χ2n) is 0.676. The molecule has 0 aromatic rings. The first-order chi connectivity index (χ1) is 3.18. The van der Waals surface area contributed by atoms with E-state index in [0.29, 0.717) is 6.29 Å². The van der Waals surface area contributed by atoms with Crippen molar-refractivity contribution in [2.45, 2.75) is 0 Å². The van der Waals surface area contributed by atoms with E-state index in [1.54, 1.807) is 0 Å². The minimum Gasteiger partial charge on any atom is -0.282 e. The zero-order chi connectivity index (χ0) is 5.86. The SMILES string of the molecule is O=[C]/C(F)=C(/F)Cl. The highest BCUT2D eigenvalue weighted by atomic mass is 35.5. The van der Waals surface area contributed by atoms with Crippen LogP contribution < -0.4 is 0 Å². The number of allylic oxidation sites excluding steroid dienone is 1. The fraction of sp³-hybridized carbons (Fsp3) is 0. The number of hydrogen-bond donors (Lipinski definition) is 0. The lowest BCUT2D eigenvalue weighted by molar-refractivity contribution is 0.530. The van der Waals surface area contributed by atoms with Crippen molar-refractivity contribution >= 4 is 17.9 Å². The van der Waals surface area contributed by atoms with Crippen molar-refractivity contribution in [1.82, 2.24) is 0 Å². The van der Waals surface area contributed by atoms with Crippen molar-refractivity contribution in [3.63, 3.8) is 0 Å². The van der Waals surface area contributed by atoms with Crippen LogP contribution in [-0.4, -0.2) is 6.29 Å². The third-order valence-electron chi connectivity index (χ3n) is 0.256. The Morgan fingerprint density at radius 1 is 1.57 bits per heavy atom. The van der Waals surface area contributed by atoms with Gasteiger partial charge < -0.3 is 0 Å². The third kappa shape index (κ3) is 2.28. The molecule has 0 aliphatic carbocycles. The van der Waals surface area contributed by atoms with Crippen molar-refractivity contribution in [3.8, 4) is 0 Å². The van der Waals surface area contributed by atoms with E-state index < -0.39 is 11.1 Å². The summed E-state index contributed by atoms with van der Waals surface area (Å²) in [5.74, 6) is -1.69. The van der Waals surface area contributed by atoms with Gasteiger partial charge in [-0.25, -0.2) is 0 Å². The predicted octanol–water partition coefficient (Wildman–Crippen LogP) is 1.44. The first-order valence-corrected chi connectivity index (χ1v) is 1.65. The molecule has 39 valence electrons. The molecule has 0 aliphatic heterocycles. The van der Waals surface area contributed by atoms with Gasteiger partial charge in [0.25, 0.3) is 6.29 Å². The van der Waals surface area contributed by atoms with Crippen LogP contribution in [0.15, 0.2) is 11.1 Å². The van der Waals surface area contributed by atoms with Crippen LogP contribution in [0, 0.1) is 0 Å². The maximum absolute atomic E-state index is 11.2. The molecule has 1 nitrogen and oxygen atoms in total. The van der Waals surface area contributed by atoms with Crippen LogP contribution in [0.3, 0.4) is 0 Å². The number of rotatable bonds is 1. The molecule has 1 radical (unpaired) electrons. The minimum absolute atomic E-state index is 0.620. The maximum atomic E-state index is 11.2. The van der Waals surface area contributed by atoms with E-state index in [-0.39, 0.29) is 0 Å². The van der Waals surface area contributed by atoms with Crippen molar-refractivity contribution in [3.05, 3.63) is 11.1 Å². The average molecular weight is 125 g/mol. The van der Waals surface area contributed by atoms with Gasteiger partial charge in [-0.15, -0.1) is 0 Å². The molecular weight excluding hydrogens is 125 g/mol. The molecular formula is C3ClF2O. The normalized spacial score (nSPS) is 13.0. The van der Waals surface area contributed by atoms with Gasteiger partial charge in [-0.05, 0) is 11.6 Å². The van der Waals surface area contributed by atoms with Crippen molar-refractivity contribution in [2.75, 3.05) is 0 Å². The molecule has 0 amide bonds. The summed E-state index contributed by atoms with van der Waals surface area (Å²) in [5, 5.41) is -1.66. The molecule has 0 rings (SSSR count). The largest absolute Gasteiger partial charge is 0.282 e. The third-order valence-corrected chi connectivity index (χ3v) is 0.421. The summed E-state index contributed by atoms with van der Waals surface area (Å²) in [6.07, 6.45) is 0.620. The molecule has 0 atom stereocenters. The Balaban J connectivity index is 3.98. The fourth-order valence-electron chi connectivity index (χ4n) is 0.0386. The van der Waals surface area contributed by atoms with Gasteiger partial charge in [0.15, 0.2) is 0 Å². The first kappa shape index (κ1) is 6.56. The minimum atomic E-state index is -1.69. The number of halogens is 3. The Hall–Kier alpha value is -0.440. The highest BCUT2D eigenvalue weighted by molar-refractivity contribution is 6.29. The summed E-state index contributed by atoms with van der Waals surface area (Å²) in [5.41, 5.74) is 0. The fourth-order valence-corrected chi connectivity index (χ4v) is 0.0772. The van der Waals surface area contributed by atoms with Gasteiger partial charge >= 0.3 is 0 Å². The summed E-state index contributed by atoms with van der Waals surface area (Å²) in [6, 6.07) is 0. The lowest BCUT2D eigenvalue weighted by Crippen LogP contribution is -1.71. The maximum Gasteiger partial charge on any atom is 0.268 e. The highest BCUT2D eigenvalue weighted by Crippen LogP contribution is 2.08. The Morgan fingerprint density at radius 2 is 2.00 bits per heavy atom. The topological polar surface area (TPSA) is 17.1 Å². The van der Waals surface area contributed by atoms with Crippen LogP contribution in [0.2, 0.25) is 0 Å². The second-order valence-corrected chi connectivity index (χ2v) is 1.01. The highest BCUT2D eigenvalue weighted by Gasteiger charge is 1.98. The predicted molar refractivity (Wildman–Crippen MR) is 20.8 cm³/mol. The molecule has 0 heterocycles. The summed E-state index contributed by atoms with van der Waals surface area (Å²) >= 11 is 4.30. The van der Waals surface area contributed by atoms with Crippen LogP contribution in [0.5, 0.6) is 0 Å². The molecule has 0 unspecified atom stereocenters. The summed E-state index contributed by atoms with van der Waals surface area (Å²) in [7, 11) is 0. The lowest BCUT2D eigenvalue weighted by Gasteiger charge is -1.73.